The molecule has 0 saturated heterocycles. The third-order valence-electron chi connectivity index (χ3n) is 2.25. The summed E-state index contributed by atoms with van der Waals surface area (Å²) in [6.07, 6.45) is -0.702. The predicted octanol–water partition coefficient (Wildman–Crippen LogP) is 1.33. The van der Waals surface area contributed by atoms with Crippen molar-refractivity contribution >= 4 is 5.69 Å². The quantitative estimate of drug-likeness (QED) is 0.566. The van der Waals surface area contributed by atoms with E-state index in [0.29, 0.717) is 6.54 Å². The molecular formula is C12H18N2O4. The van der Waals surface area contributed by atoms with Gasteiger partial charge in [-0.3, -0.25) is 10.1 Å². The number of ether oxygens (including phenoxy) is 1. The van der Waals surface area contributed by atoms with Crippen LogP contribution in [-0.4, -0.2) is 35.3 Å². The summed E-state index contributed by atoms with van der Waals surface area (Å²) in [4.78, 5) is 10.2. The molecule has 0 amide bonds. The lowest BCUT2D eigenvalue weighted by molar-refractivity contribution is -0.385. The molecule has 0 aliphatic carbocycles. The fraction of sp³-hybridized carbons (Fsp3) is 0.500. The maximum absolute atomic E-state index is 10.7. The number of benzene rings is 1. The standard InChI is InChI=1S/C12H18N2O4/c1-9(2)13-7-10(15)8-18-12-6-4-3-5-11(12)14(16)17/h3-6,9-10,13,15H,7-8H2,1-2H3/t10-/m1/s1. The highest BCUT2D eigenvalue weighted by atomic mass is 16.6. The smallest absolute Gasteiger partial charge is 0.310 e. The largest absolute Gasteiger partial charge is 0.484 e. The Balaban J connectivity index is 2.50. The van der Waals surface area contributed by atoms with Crippen molar-refractivity contribution in [1.29, 1.82) is 0 Å². The highest BCUT2D eigenvalue weighted by molar-refractivity contribution is 5.45. The molecule has 18 heavy (non-hydrogen) atoms. The van der Waals surface area contributed by atoms with Gasteiger partial charge in [-0.2, -0.15) is 0 Å². The Bertz CT molecular complexity index is 395. The summed E-state index contributed by atoms with van der Waals surface area (Å²) >= 11 is 0. The van der Waals surface area contributed by atoms with Crippen LogP contribution in [0.25, 0.3) is 0 Å². The average molecular weight is 254 g/mol. The molecule has 0 heterocycles. The van der Waals surface area contributed by atoms with Gasteiger partial charge in [0.25, 0.3) is 0 Å². The van der Waals surface area contributed by atoms with E-state index in [4.69, 9.17) is 4.74 Å². The van der Waals surface area contributed by atoms with Gasteiger partial charge in [-0.1, -0.05) is 26.0 Å². The number of aliphatic hydroxyl groups is 1. The van der Waals surface area contributed by atoms with Crippen molar-refractivity contribution in [2.24, 2.45) is 0 Å². The van der Waals surface area contributed by atoms with Gasteiger partial charge in [-0.15, -0.1) is 0 Å². The van der Waals surface area contributed by atoms with E-state index in [1.54, 1.807) is 12.1 Å². The van der Waals surface area contributed by atoms with E-state index in [0.717, 1.165) is 0 Å². The molecule has 1 aromatic rings. The zero-order valence-corrected chi connectivity index (χ0v) is 10.5. The maximum atomic E-state index is 10.7. The number of aliphatic hydroxyl groups excluding tert-OH is 1. The molecule has 0 unspecified atom stereocenters. The van der Waals surface area contributed by atoms with Gasteiger partial charge in [-0.05, 0) is 6.07 Å². The molecule has 1 rings (SSSR count). The van der Waals surface area contributed by atoms with Gasteiger partial charge < -0.3 is 15.2 Å². The number of rotatable bonds is 7. The minimum Gasteiger partial charge on any atom is -0.484 e. The summed E-state index contributed by atoms with van der Waals surface area (Å²) in [5.74, 6) is 0.172. The van der Waals surface area contributed by atoms with Gasteiger partial charge in [0.1, 0.15) is 12.7 Å². The van der Waals surface area contributed by atoms with Crippen molar-refractivity contribution < 1.29 is 14.8 Å². The van der Waals surface area contributed by atoms with Gasteiger partial charge in [-0.25, -0.2) is 0 Å². The zero-order valence-electron chi connectivity index (χ0n) is 10.5. The first-order valence-corrected chi connectivity index (χ1v) is 5.78. The van der Waals surface area contributed by atoms with Crippen LogP contribution in [0.3, 0.4) is 0 Å². The van der Waals surface area contributed by atoms with Crippen molar-refractivity contribution in [2.75, 3.05) is 13.2 Å². The second-order valence-corrected chi connectivity index (χ2v) is 4.25. The first-order chi connectivity index (χ1) is 8.50. The van der Waals surface area contributed by atoms with E-state index in [2.05, 4.69) is 5.32 Å². The number of nitro groups is 1. The van der Waals surface area contributed by atoms with Crippen molar-refractivity contribution in [3.63, 3.8) is 0 Å². The summed E-state index contributed by atoms with van der Waals surface area (Å²) in [5.41, 5.74) is -0.0958. The molecule has 0 spiro atoms. The number of para-hydroxylation sites is 2. The fourth-order valence-electron chi connectivity index (χ4n) is 1.35. The van der Waals surface area contributed by atoms with E-state index >= 15 is 0 Å². The lowest BCUT2D eigenvalue weighted by Crippen LogP contribution is -2.35. The van der Waals surface area contributed by atoms with Crippen LogP contribution in [0, 0.1) is 10.1 Å². The Morgan fingerprint density at radius 1 is 1.44 bits per heavy atom. The van der Waals surface area contributed by atoms with Crippen molar-refractivity contribution in [3.05, 3.63) is 34.4 Å². The van der Waals surface area contributed by atoms with E-state index in [-0.39, 0.29) is 24.1 Å². The molecule has 1 aromatic carbocycles. The number of nitrogens with zero attached hydrogens (tertiary/aromatic N) is 1. The lowest BCUT2D eigenvalue weighted by Gasteiger charge is -2.14. The van der Waals surface area contributed by atoms with Gasteiger partial charge in [0.2, 0.25) is 0 Å². The Morgan fingerprint density at radius 2 is 2.11 bits per heavy atom. The molecule has 0 aliphatic rings. The first-order valence-electron chi connectivity index (χ1n) is 5.78. The van der Waals surface area contributed by atoms with E-state index in [9.17, 15) is 15.2 Å². The summed E-state index contributed by atoms with van der Waals surface area (Å²) in [7, 11) is 0. The molecule has 0 saturated carbocycles. The third kappa shape index (κ3) is 4.68. The molecule has 6 nitrogen and oxygen atoms in total. The predicted molar refractivity (Wildman–Crippen MR) is 67.7 cm³/mol. The topological polar surface area (TPSA) is 84.6 Å². The molecule has 0 aromatic heterocycles. The van der Waals surface area contributed by atoms with E-state index < -0.39 is 11.0 Å². The van der Waals surface area contributed by atoms with Gasteiger partial charge in [0.15, 0.2) is 5.75 Å². The summed E-state index contributed by atoms with van der Waals surface area (Å²) in [6, 6.07) is 6.38. The Labute approximate surface area is 106 Å². The second-order valence-electron chi connectivity index (χ2n) is 4.25. The Kier molecular flexibility index (Phi) is 5.54. The Morgan fingerprint density at radius 3 is 2.72 bits per heavy atom. The first kappa shape index (κ1) is 14.4. The second kappa shape index (κ2) is 6.93. The number of nitrogens with one attached hydrogen (secondary N) is 1. The monoisotopic (exact) mass is 254 g/mol. The normalized spacial score (nSPS) is 12.4. The SMILES string of the molecule is CC(C)NC[C@@H](O)COc1ccccc1[N+](=O)[O-]. The van der Waals surface area contributed by atoms with Crippen LogP contribution in [-0.2, 0) is 0 Å². The van der Waals surface area contributed by atoms with Crippen LogP contribution in [0.2, 0.25) is 0 Å². The number of hydrogen-bond acceptors (Lipinski definition) is 5. The zero-order chi connectivity index (χ0) is 13.5. The van der Waals surface area contributed by atoms with Crippen LogP contribution in [0.5, 0.6) is 5.75 Å². The average Bonchev–Trinajstić information content (AvgIpc) is 2.34. The molecule has 0 fully saturated rings. The molecule has 100 valence electrons. The van der Waals surface area contributed by atoms with Crippen LogP contribution < -0.4 is 10.1 Å². The van der Waals surface area contributed by atoms with Crippen molar-refractivity contribution in [2.45, 2.75) is 26.0 Å². The van der Waals surface area contributed by atoms with Gasteiger partial charge >= 0.3 is 5.69 Å². The number of hydrogen-bond donors (Lipinski definition) is 2. The minimum atomic E-state index is -0.702. The van der Waals surface area contributed by atoms with Crippen LogP contribution in [0.15, 0.2) is 24.3 Å². The molecule has 0 bridgehead atoms. The van der Waals surface area contributed by atoms with Crippen LogP contribution >= 0.6 is 0 Å². The van der Waals surface area contributed by atoms with Crippen LogP contribution in [0.1, 0.15) is 13.8 Å². The summed E-state index contributed by atoms with van der Waals surface area (Å²) < 4.78 is 5.26. The molecule has 0 aliphatic heterocycles. The maximum Gasteiger partial charge on any atom is 0.310 e. The highest BCUT2D eigenvalue weighted by Crippen LogP contribution is 2.25. The molecular weight excluding hydrogens is 236 g/mol. The van der Waals surface area contributed by atoms with Gasteiger partial charge in [0, 0.05) is 18.7 Å². The lowest BCUT2D eigenvalue weighted by atomic mass is 10.3. The minimum absolute atomic E-state index is 0.0184. The Hall–Kier alpha value is -1.66. The molecule has 1 atom stereocenters. The van der Waals surface area contributed by atoms with Gasteiger partial charge in [0.05, 0.1) is 4.92 Å². The van der Waals surface area contributed by atoms with Crippen molar-refractivity contribution in [1.82, 2.24) is 5.32 Å². The molecule has 6 heteroatoms. The highest BCUT2D eigenvalue weighted by Gasteiger charge is 2.15. The fourth-order valence-corrected chi connectivity index (χ4v) is 1.35. The summed E-state index contributed by atoms with van der Waals surface area (Å²) in [5, 5.41) is 23.4. The van der Waals surface area contributed by atoms with E-state index in [1.807, 2.05) is 13.8 Å². The summed E-state index contributed by atoms with van der Waals surface area (Å²) in [6.45, 7) is 4.34. The van der Waals surface area contributed by atoms with Crippen LogP contribution in [0.4, 0.5) is 5.69 Å². The molecule has 2 N–H and O–H groups in total. The third-order valence-corrected chi connectivity index (χ3v) is 2.25. The van der Waals surface area contributed by atoms with Crippen molar-refractivity contribution in [3.8, 4) is 5.75 Å². The number of nitro benzene ring substituents is 1. The van der Waals surface area contributed by atoms with E-state index in [1.165, 1.54) is 12.1 Å². The molecule has 0 radical (unpaired) electrons.